The molecule has 2 rings (SSSR count). The highest BCUT2D eigenvalue weighted by molar-refractivity contribution is 7.11. The summed E-state index contributed by atoms with van der Waals surface area (Å²) < 4.78 is 5.35. The summed E-state index contributed by atoms with van der Waals surface area (Å²) in [6, 6.07) is 11.0. The topological polar surface area (TPSA) is 46.5 Å². The van der Waals surface area contributed by atoms with Crippen molar-refractivity contribution in [1.82, 2.24) is 0 Å². The van der Waals surface area contributed by atoms with Crippen molar-refractivity contribution in [3.8, 4) is 5.75 Å². The first-order chi connectivity index (χ1) is 9.20. The van der Waals surface area contributed by atoms with Crippen molar-refractivity contribution in [1.29, 1.82) is 0 Å². The first-order valence-corrected chi connectivity index (χ1v) is 6.80. The molecule has 0 aliphatic carbocycles. The summed E-state index contributed by atoms with van der Waals surface area (Å²) in [7, 11) is 0. The highest BCUT2D eigenvalue weighted by atomic mass is 32.1. The second-order valence-electron chi connectivity index (χ2n) is 3.84. The fourth-order valence-electron chi connectivity index (χ4n) is 1.66. The van der Waals surface area contributed by atoms with E-state index in [0.29, 0.717) is 12.2 Å². The van der Waals surface area contributed by atoms with Gasteiger partial charge in [-0.15, -0.1) is 11.3 Å². The summed E-state index contributed by atoms with van der Waals surface area (Å²) in [5.41, 5.74) is 1.15. The second-order valence-corrected chi connectivity index (χ2v) is 4.79. The Hall–Kier alpha value is -2.07. The molecule has 0 aliphatic heterocycles. The van der Waals surface area contributed by atoms with Crippen molar-refractivity contribution in [2.45, 2.75) is 6.92 Å². The van der Waals surface area contributed by atoms with Gasteiger partial charge in [0.2, 0.25) is 0 Å². The van der Waals surface area contributed by atoms with Gasteiger partial charge in [0, 0.05) is 4.88 Å². The van der Waals surface area contributed by atoms with E-state index < -0.39 is 5.97 Å². The molecule has 0 radical (unpaired) electrons. The van der Waals surface area contributed by atoms with E-state index in [0.717, 1.165) is 16.2 Å². The van der Waals surface area contributed by atoms with E-state index in [9.17, 15) is 9.90 Å². The van der Waals surface area contributed by atoms with E-state index in [1.165, 1.54) is 11.3 Å². The van der Waals surface area contributed by atoms with Crippen LogP contribution in [0.2, 0.25) is 0 Å². The molecular weight excluding hydrogens is 260 g/mol. The predicted molar refractivity (Wildman–Crippen MR) is 77.4 cm³/mol. The average Bonchev–Trinajstić information content (AvgIpc) is 2.91. The van der Waals surface area contributed by atoms with Gasteiger partial charge in [0.1, 0.15) is 5.75 Å². The lowest BCUT2D eigenvalue weighted by atomic mass is 10.1. The quantitative estimate of drug-likeness (QED) is 0.844. The van der Waals surface area contributed by atoms with Gasteiger partial charge in [-0.05, 0) is 42.1 Å². The average molecular weight is 274 g/mol. The monoisotopic (exact) mass is 274 g/mol. The fraction of sp³-hybridized carbons (Fsp3) is 0.133. The summed E-state index contributed by atoms with van der Waals surface area (Å²) in [5, 5.41) is 11.1. The number of aliphatic carboxylic acids is 1. The zero-order valence-corrected chi connectivity index (χ0v) is 11.3. The number of hydrogen-bond donors (Lipinski definition) is 1. The van der Waals surface area contributed by atoms with Crippen LogP contribution in [-0.4, -0.2) is 17.7 Å². The van der Waals surface area contributed by atoms with Gasteiger partial charge in [-0.25, -0.2) is 4.79 Å². The number of hydrogen-bond acceptors (Lipinski definition) is 3. The lowest BCUT2D eigenvalue weighted by molar-refractivity contribution is -0.130. The van der Waals surface area contributed by atoms with Gasteiger partial charge in [0.25, 0.3) is 0 Å². The van der Waals surface area contributed by atoms with Crippen molar-refractivity contribution in [2.24, 2.45) is 0 Å². The van der Waals surface area contributed by atoms with Crippen LogP contribution in [0.15, 0.2) is 41.8 Å². The third-order valence-electron chi connectivity index (χ3n) is 2.52. The lowest BCUT2D eigenvalue weighted by Crippen LogP contribution is -1.97. The number of thiophene rings is 1. The van der Waals surface area contributed by atoms with Crippen molar-refractivity contribution in [2.75, 3.05) is 6.61 Å². The molecule has 0 amide bonds. The standard InChI is InChI=1S/C15H14O3S/c1-2-18-12-7-5-11(6-8-12)10-13(15(16)17)14-4-3-9-19-14/h3-10H,2H2,1H3,(H,16,17)/b13-10-. The number of rotatable bonds is 5. The van der Waals surface area contributed by atoms with Gasteiger partial charge < -0.3 is 9.84 Å². The van der Waals surface area contributed by atoms with Crippen molar-refractivity contribution >= 4 is 29.0 Å². The van der Waals surface area contributed by atoms with Crippen molar-refractivity contribution in [3.63, 3.8) is 0 Å². The van der Waals surface area contributed by atoms with Crippen molar-refractivity contribution in [3.05, 3.63) is 52.2 Å². The first-order valence-electron chi connectivity index (χ1n) is 5.92. The molecule has 3 nitrogen and oxygen atoms in total. The molecule has 0 unspecified atom stereocenters. The van der Waals surface area contributed by atoms with Gasteiger partial charge in [-0.2, -0.15) is 0 Å². The third kappa shape index (κ3) is 3.45. The van der Waals surface area contributed by atoms with E-state index in [1.807, 2.05) is 42.6 Å². The van der Waals surface area contributed by atoms with Gasteiger partial charge in [-0.3, -0.25) is 0 Å². The molecule has 0 saturated heterocycles. The Balaban J connectivity index is 2.29. The van der Waals surface area contributed by atoms with Gasteiger partial charge in [0.15, 0.2) is 0 Å². The van der Waals surface area contributed by atoms with Crippen LogP contribution >= 0.6 is 11.3 Å². The zero-order valence-electron chi connectivity index (χ0n) is 10.5. The number of benzene rings is 1. The second kappa shape index (κ2) is 6.20. The van der Waals surface area contributed by atoms with E-state index in [4.69, 9.17) is 4.74 Å². The summed E-state index contributed by atoms with van der Waals surface area (Å²) in [6.07, 6.45) is 1.67. The number of ether oxygens (including phenoxy) is 1. The highest BCUT2D eigenvalue weighted by Gasteiger charge is 2.11. The molecule has 19 heavy (non-hydrogen) atoms. The Morgan fingerprint density at radius 3 is 2.58 bits per heavy atom. The van der Waals surface area contributed by atoms with Gasteiger partial charge in [-0.1, -0.05) is 18.2 Å². The van der Waals surface area contributed by atoms with E-state index in [2.05, 4.69) is 0 Å². The summed E-state index contributed by atoms with van der Waals surface area (Å²) in [5.74, 6) is -0.135. The van der Waals surface area contributed by atoms with Crippen LogP contribution in [0.3, 0.4) is 0 Å². The summed E-state index contributed by atoms with van der Waals surface area (Å²) in [4.78, 5) is 12.0. The number of carboxylic acids is 1. The molecule has 0 fully saturated rings. The van der Waals surface area contributed by atoms with Crippen LogP contribution in [0, 0.1) is 0 Å². The zero-order chi connectivity index (χ0) is 13.7. The molecule has 98 valence electrons. The Labute approximate surface area is 115 Å². The largest absolute Gasteiger partial charge is 0.494 e. The Kier molecular flexibility index (Phi) is 4.36. The maximum absolute atomic E-state index is 11.3. The van der Waals surface area contributed by atoms with E-state index in [-0.39, 0.29) is 0 Å². The Morgan fingerprint density at radius 1 is 1.32 bits per heavy atom. The highest BCUT2D eigenvalue weighted by Crippen LogP contribution is 2.24. The summed E-state index contributed by atoms with van der Waals surface area (Å²) in [6.45, 7) is 2.54. The van der Waals surface area contributed by atoms with Crippen LogP contribution in [0.4, 0.5) is 0 Å². The van der Waals surface area contributed by atoms with Gasteiger partial charge in [0.05, 0.1) is 12.2 Å². The van der Waals surface area contributed by atoms with E-state index in [1.54, 1.807) is 12.1 Å². The molecule has 0 spiro atoms. The lowest BCUT2D eigenvalue weighted by Gasteiger charge is -2.03. The molecule has 1 aromatic heterocycles. The molecule has 1 N–H and O–H groups in total. The molecule has 1 heterocycles. The third-order valence-corrected chi connectivity index (χ3v) is 3.42. The molecule has 1 aromatic carbocycles. The Bertz CT molecular complexity index is 568. The number of carboxylic acid groups (broad SMARTS) is 1. The van der Waals surface area contributed by atoms with Crippen LogP contribution in [0.25, 0.3) is 11.6 Å². The molecule has 0 aliphatic rings. The molecule has 0 bridgehead atoms. The minimum atomic E-state index is -0.920. The maximum Gasteiger partial charge on any atom is 0.337 e. The van der Waals surface area contributed by atoms with Crippen LogP contribution < -0.4 is 4.74 Å². The minimum Gasteiger partial charge on any atom is -0.494 e. The SMILES string of the molecule is CCOc1ccc(/C=C(\C(=O)O)c2cccs2)cc1. The molecule has 4 heteroatoms. The smallest absolute Gasteiger partial charge is 0.337 e. The van der Waals surface area contributed by atoms with Crippen LogP contribution in [0.1, 0.15) is 17.4 Å². The number of carbonyl (C=O) groups is 1. The minimum absolute atomic E-state index is 0.305. The van der Waals surface area contributed by atoms with Crippen molar-refractivity contribution < 1.29 is 14.6 Å². The molecular formula is C15H14O3S. The van der Waals surface area contributed by atoms with E-state index >= 15 is 0 Å². The normalized spacial score (nSPS) is 11.3. The van der Waals surface area contributed by atoms with Crippen LogP contribution in [0.5, 0.6) is 5.75 Å². The maximum atomic E-state index is 11.3. The first kappa shape index (κ1) is 13.4. The van der Waals surface area contributed by atoms with Crippen LogP contribution in [-0.2, 0) is 4.79 Å². The predicted octanol–water partition coefficient (Wildman–Crippen LogP) is 3.77. The fourth-order valence-corrected chi connectivity index (χ4v) is 2.40. The van der Waals surface area contributed by atoms with Gasteiger partial charge >= 0.3 is 5.97 Å². The molecule has 2 aromatic rings. The summed E-state index contributed by atoms with van der Waals surface area (Å²) >= 11 is 1.42. The molecule has 0 saturated carbocycles. The Morgan fingerprint density at radius 2 is 2.05 bits per heavy atom. The molecule has 0 atom stereocenters.